The highest BCUT2D eigenvalue weighted by atomic mass is 16.5. The Hall–Kier alpha value is -1.76. The van der Waals surface area contributed by atoms with E-state index in [2.05, 4.69) is 32.0 Å². The topological polar surface area (TPSA) is 9.23 Å². The number of rotatable bonds is 8. The van der Waals surface area contributed by atoms with Crippen molar-refractivity contribution in [3.05, 3.63) is 59.7 Å². The molecule has 0 aromatic heterocycles. The molecule has 0 N–H and O–H groups in total. The zero-order valence-corrected chi connectivity index (χ0v) is 13.3. The molecule has 0 bridgehead atoms. The minimum Gasteiger partial charge on any atom is -0.457 e. The van der Waals surface area contributed by atoms with Crippen LogP contribution in [0.5, 0.6) is 11.5 Å². The molecular formula is C20H26O. The molecule has 0 spiro atoms. The van der Waals surface area contributed by atoms with E-state index in [-0.39, 0.29) is 0 Å². The first-order valence-electron chi connectivity index (χ1n) is 8.18. The molecule has 112 valence electrons. The Morgan fingerprint density at radius 1 is 0.762 bits per heavy atom. The third kappa shape index (κ3) is 4.63. The lowest BCUT2D eigenvalue weighted by atomic mass is 9.97. The molecule has 0 fully saturated rings. The molecule has 0 unspecified atom stereocenters. The molecule has 2 rings (SSSR count). The first kappa shape index (κ1) is 15.6. The highest BCUT2D eigenvalue weighted by molar-refractivity contribution is 5.43. The summed E-state index contributed by atoms with van der Waals surface area (Å²) < 4.78 is 6.13. The molecule has 1 heteroatoms. The second kappa shape index (κ2) is 8.51. The third-order valence-electron chi connectivity index (χ3n) is 3.78. The minimum absolute atomic E-state index is 0.919. The standard InChI is InChI=1S/C20H26O/c1-3-5-11-17-12-10-16-20(19(17)15-6-4-2)21-18-13-8-7-9-14-18/h7-10,12-14,16H,3-6,11,15H2,1-2H3. The van der Waals surface area contributed by atoms with Crippen LogP contribution in [0.3, 0.4) is 0 Å². The maximum Gasteiger partial charge on any atom is 0.130 e. The van der Waals surface area contributed by atoms with E-state index in [1.807, 2.05) is 30.3 Å². The molecule has 0 atom stereocenters. The Morgan fingerprint density at radius 2 is 1.48 bits per heavy atom. The highest BCUT2D eigenvalue weighted by Crippen LogP contribution is 2.30. The largest absolute Gasteiger partial charge is 0.457 e. The fraction of sp³-hybridized carbons (Fsp3) is 0.400. The summed E-state index contributed by atoms with van der Waals surface area (Å²) >= 11 is 0. The van der Waals surface area contributed by atoms with Gasteiger partial charge >= 0.3 is 0 Å². The Labute approximate surface area is 129 Å². The van der Waals surface area contributed by atoms with Crippen molar-refractivity contribution in [2.45, 2.75) is 52.4 Å². The van der Waals surface area contributed by atoms with Crippen LogP contribution in [0.1, 0.15) is 50.7 Å². The van der Waals surface area contributed by atoms with Gasteiger partial charge in [-0.25, -0.2) is 0 Å². The first-order valence-corrected chi connectivity index (χ1v) is 8.18. The average Bonchev–Trinajstić information content (AvgIpc) is 2.53. The fourth-order valence-electron chi connectivity index (χ4n) is 2.56. The van der Waals surface area contributed by atoms with E-state index in [1.54, 1.807) is 0 Å². The lowest BCUT2D eigenvalue weighted by Crippen LogP contribution is -1.99. The van der Waals surface area contributed by atoms with E-state index in [0.29, 0.717) is 0 Å². The molecular weight excluding hydrogens is 256 g/mol. The van der Waals surface area contributed by atoms with Crippen molar-refractivity contribution in [1.29, 1.82) is 0 Å². The van der Waals surface area contributed by atoms with Gasteiger partial charge in [-0.1, -0.05) is 57.0 Å². The number of unbranched alkanes of at least 4 members (excludes halogenated alkanes) is 2. The van der Waals surface area contributed by atoms with Gasteiger partial charge in [-0.2, -0.15) is 0 Å². The molecule has 0 aliphatic carbocycles. The Bertz CT molecular complexity index is 531. The summed E-state index contributed by atoms with van der Waals surface area (Å²) in [7, 11) is 0. The summed E-state index contributed by atoms with van der Waals surface area (Å²) in [5.74, 6) is 1.95. The fourth-order valence-corrected chi connectivity index (χ4v) is 2.56. The van der Waals surface area contributed by atoms with Crippen molar-refractivity contribution >= 4 is 0 Å². The molecule has 1 nitrogen and oxygen atoms in total. The van der Waals surface area contributed by atoms with Gasteiger partial charge in [0.05, 0.1) is 0 Å². The smallest absolute Gasteiger partial charge is 0.130 e. The summed E-state index contributed by atoms with van der Waals surface area (Å²) in [6.07, 6.45) is 7.17. The van der Waals surface area contributed by atoms with Gasteiger partial charge in [-0.15, -0.1) is 0 Å². The number of para-hydroxylation sites is 1. The molecule has 21 heavy (non-hydrogen) atoms. The molecule has 0 radical (unpaired) electrons. The van der Waals surface area contributed by atoms with E-state index in [9.17, 15) is 0 Å². The molecule has 0 heterocycles. The van der Waals surface area contributed by atoms with Crippen LogP contribution in [-0.2, 0) is 12.8 Å². The van der Waals surface area contributed by atoms with Crippen LogP contribution in [0.15, 0.2) is 48.5 Å². The van der Waals surface area contributed by atoms with Gasteiger partial charge in [0.15, 0.2) is 0 Å². The Kier molecular flexibility index (Phi) is 6.33. The number of hydrogen-bond acceptors (Lipinski definition) is 1. The average molecular weight is 282 g/mol. The van der Waals surface area contributed by atoms with Crippen LogP contribution in [0.2, 0.25) is 0 Å². The van der Waals surface area contributed by atoms with Crippen LogP contribution in [-0.4, -0.2) is 0 Å². The highest BCUT2D eigenvalue weighted by Gasteiger charge is 2.10. The quantitative estimate of drug-likeness (QED) is 0.563. The van der Waals surface area contributed by atoms with E-state index in [4.69, 9.17) is 4.74 Å². The predicted octanol–water partition coefficient (Wildman–Crippen LogP) is 6.16. The van der Waals surface area contributed by atoms with Gasteiger partial charge in [-0.3, -0.25) is 0 Å². The van der Waals surface area contributed by atoms with Crippen molar-refractivity contribution in [3.63, 3.8) is 0 Å². The first-order chi connectivity index (χ1) is 10.3. The SMILES string of the molecule is CCCCc1cccc(Oc2ccccc2)c1CCCC. The van der Waals surface area contributed by atoms with Gasteiger partial charge in [-0.05, 0) is 55.0 Å². The molecule has 0 aliphatic heterocycles. The lowest BCUT2D eigenvalue weighted by Gasteiger charge is -2.15. The molecule has 2 aromatic carbocycles. The van der Waals surface area contributed by atoms with E-state index < -0.39 is 0 Å². The van der Waals surface area contributed by atoms with E-state index in [1.165, 1.54) is 36.8 Å². The second-order valence-corrected chi connectivity index (χ2v) is 5.52. The van der Waals surface area contributed by atoms with Crippen molar-refractivity contribution in [3.8, 4) is 11.5 Å². The predicted molar refractivity (Wildman–Crippen MR) is 90.2 cm³/mol. The molecule has 0 saturated carbocycles. The van der Waals surface area contributed by atoms with Crippen LogP contribution >= 0.6 is 0 Å². The Balaban J connectivity index is 2.25. The van der Waals surface area contributed by atoms with Crippen molar-refractivity contribution in [1.82, 2.24) is 0 Å². The number of ether oxygens (including phenoxy) is 1. The normalized spacial score (nSPS) is 10.6. The van der Waals surface area contributed by atoms with Crippen LogP contribution < -0.4 is 4.74 Å². The zero-order valence-electron chi connectivity index (χ0n) is 13.3. The van der Waals surface area contributed by atoms with Gasteiger partial charge in [0.1, 0.15) is 11.5 Å². The second-order valence-electron chi connectivity index (χ2n) is 5.52. The van der Waals surface area contributed by atoms with Gasteiger partial charge in [0.25, 0.3) is 0 Å². The molecule has 0 saturated heterocycles. The zero-order chi connectivity index (χ0) is 14.9. The Morgan fingerprint density at radius 3 is 2.19 bits per heavy atom. The maximum absolute atomic E-state index is 6.13. The van der Waals surface area contributed by atoms with E-state index in [0.717, 1.165) is 24.3 Å². The summed E-state index contributed by atoms with van der Waals surface area (Å²) in [5.41, 5.74) is 2.86. The van der Waals surface area contributed by atoms with Crippen molar-refractivity contribution in [2.75, 3.05) is 0 Å². The summed E-state index contributed by atoms with van der Waals surface area (Å²) in [6.45, 7) is 4.49. The van der Waals surface area contributed by atoms with Crippen molar-refractivity contribution in [2.24, 2.45) is 0 Å². The van der Waals surface area contributed by atoms with Crippen LogP contribution in [0, 0.1) is 0 Å². The monoisotopic (exact) mass is 282 g/mol. The third-order valence-corrected chi connectivity index (χ3v) is 3.78. The molecule has 0 aliphatic rings. The van der Waals surface area contributed by atoms with Gasteiger partial charge < -0.3 is 4.74 Å². The van der Waals surface area contributed by atoms with E-state index >= 15 is 0 Å². The van der Waals surface area contributed by atoms with Gasteiger partial charge in [0, 0.05) is 0 Å². The number of hydrogen-bond donors (Lipinski definition) is 0. The maximum atomic E-state index is 6.13. The van der Waals surface area contributed by atoms with Crippen LogP contribution in [0.25, 0.3) is 0 Å². The summed E-state index contributed by atoms with van der Waals surface area (Å²) in [5, 5.41) is 0. The lowest BCUT2D eigenvalue weighted by molar-refractivity contribution is 0.473. The summed E-state index contributed by atoms with van der Waals surface area (Å²) in [4.78, 5) is 0. The number of benzene rings is 2. The van der Waals surface area contributed by atoms with Gasteiger partial charge in [0.2, 0.25) is 0 Å². The van der Waals surface area contributed by atoms with Crippen molar-refractivity contribution < 1.29 is 4.74 Å². The minimum atomic E-state index is 0.919. The summed E-state index contributed by atoms with van der Waals surface area (Å²) in [6, 6.07) is 16.6. The molecule has 2 aromatic rings. The molecule has 0 amide bonds. The van der Waals surface area contributed by atoms with Crippen LogP contribution in [0.4, 0.5) is 0 Å². The number of aryl methyl sites for hydroxylation is 1.